The molecule has 0 saturated heterocycles. The van der Waals surface area contributed by atoms with E-state index in [0.717, 1.165) is 5.56 Å². The largest absolute Gasteiger partial charge is 0.491 e. The first-order valence-corrected chi connectivity index (χ1v) is 9.65. The van der Waals surface area contributed by atoms with Crippen molar-refractivity contribution in [3.8, 4) is 17.2 Å². The molecule has 2 unspecified atom stereocenters. The van der Waals surface area contributed by atoms with Crippen molar-refractivity contribution in [3.63, 3.8) is 0 Å². The van der Waals surface area contributed by atoms with Gasteiger partial charge in [0.1, 0.15) is 5.92 Å². The lowest BCUT2D eigenvalue weighted by atomic mass is 9.83. The molecule has 0 fully saturated rings. The lowest BCUT2D eigenvalue weighted by Gasteiger charge is -2.20. The van der Waals surface area contributed by atoms with Gasteiger partial charge in [0, 0.05) is 12.5 Å². The van der Waals surface area contributed by atoms with Crippen LogP contribution in [0.3, 0.4) is 0 Å². The molecule has 4 rings (SSSR count). The third-order valence-electron chi connectivity index (χ3n) is 5.05. The molecular formula is C22H22FNO5. The van der Waals surface area contributed by atoms with Gasteiger partial charge in [-0.2, -0.15) is 0 Å². The average Bonchev–Trinajstić information content (AvgIpc) is 3.36. The molecule has 2 aromatic rings. The Labute approximate surface area is 168 Å². The molecule has 0 spiro atoms. The van der Waals surface area contributed by atoms with Crippen molar-refractivity contribution in [2.75, 3.05) is 26.6 Å². The predicted octanol–water partition coefficient (Wildman–Crippen LogP) is 3.72. The highest BCUT2D eigenvalue weighted by Gasteiger charge is 2.40. The zero-order valence-corrected chi connectivity index (χ0v) is 16.3. The fraction of sp³-hybridized carbons (Fsp3) is 0.364. The van der Waals surface area contributed by atoms with Crippen molar-refractivity contribution in [2.45, 2.75) is 19.8 Å². The van der Waals surface area contributed by atoms with E-state index in [9.17, 15) is 9.18 Å². The van der Waals surface area contributed by atoms with Crippen molar-refractivity contribution in [1.29, 1.82) is 0 Å². The molecule has 0 N–H and O–H groups in total. The Kier molecular flexibility index (Phi) is 5.38. The van der Waals surface area contributed by atoms with Gasteiger partial charge in [0.05, 0.1) is 18.9 Å². The molecule has 0 amide bonds. The fourth-order valence-electron chi connectivity index (χ4n) is 3.74. The summed E-state index contributed by atoms with van der Waals surface area (Å²) in [5.41, 5.74) is 1.97. The summed E-state index contributed by atoms with van der Waals surface area (Å²) in [5.74, 6) is -0.225. The highest BCUT2D eigenvalue weighted by molar-refractivity contribution is 6.13. The van der Waals surface area contributed by atoms with Crippen molar-refractivity contribution in [1.82, 2.24) is 0 Å². The Morgan fingerprint density at radius 1 is 1.14 bits per heavy atom. The first kappa shape index (κ1) is 19.2. The molecule has 0 radical (unpaired) electrons. The molecule has 29 heavy (non-hydrogen) atoms. The minimum absolute atomic E-state index is 0.176. The van der Waals surface area contributed by atoms with Crippen LogP contribution in [-0.4, -0.2) is 38.2 Å². The number of fused-ring (bicyclic) bond motifs is 1. The summed E-state index contributed by atoms with van der Waals surface area (Å²) in [7, 11) is 0. The smallest absolute Gasteiger partial charge is 0.315 e. The molecule has 0 saturated carbocycles. The van der Waals surface area contributed by atoms with Gasteiger partial charge in [-0.05, 0) is 55.3 Å². The summed E-state index contributed by atoms with van der Waals surface area (Å²) in [6.45, 7) is 4.76. The van der Waals surface area contributed by atoms with Gasteiger partial charge in [0.2, 0.25) is 6.79 Å². The van der Waals surface area contributed by atoms with Gasteiger partial charge in [-0.15, -0.1) is 0 Å². The number of esters is 1. The number of halogens is 1. The number of ether oxygens (including phenoxy) is 4. The van der Waals surface area contributed by atoms with Gasteiger partial charge in [0.25, 0.3) is 0 Å². The highest BCUT2D eigenvalue weighted by atomic mass is 19.1. The zero-order valence-electron chi connectivity index (χ0n) is 16.3. The first-order valence-electron chi connectivity index (χ1n) is 9.65. The maximum atomic E-state index is 14.4. The highest BCUT2D eigenvalue weighted by Crippen LogP contribution is 2.40. The normalized spacial score (nSPS) is 19.8. The van der Waals surface area contributed by atoms with Gasteiger partial charge < -0.3 is 18.9 Å². The van der Waals surface area contributed by atoms with Crippen LogP contribution in [-0.2, 0) is 9.53 Å². The third kappa shape index (κ3) is 3.64. The summed E-state index contributed by atoms with van der Waals surface area (Å²) in [6, 6.07) is 10.2. The summed E-state index contributed by atoms with van der Waals surface area (Å²) in [4.78, 5) is 17.4. The van der Waals surface area contributed by atoms with Crippen LogP contribution in [0.25, 0.3) is 0 Å². The number of nitrogens with zero attached hydrogens (tertiary/aromatic N) is 1. The molecular weight excluding hydrogens is 377 g/mol. The van der Waals surface area contributed by atoms with Gasteiger partial charge in [-0.3, -0.25) is 9.79 Å². The lowest BCUT2D eigenvalue weighted by Crippen LogP contribution is -2.29. The Morgan fingerprint density at radius 3 is 2.72 bits per heavy atom. The van der Waals surface area contributed by atoms with E-state index in [-0.39, 0.29) is 31.0 Å². The molecule has 0 aliphatic carbocycles. The van der Waals surface area contributed by atoms with Gasteiger partial charge >= 0.3 is 5.97 Å². The van der Waals surface area contributed by atoms with E-state index in [4.69, 9.17) is 18.9 Å². The summed E-state index contributed by atoms with van der Waals surface area (Å²) in [5, 5.41) is 0. The minimum Gasteiger partial charge on any atom is -0.491 e. The average molecular weight is 399 g/mol. The quantitative estimate of drug-likeness (QED) is 0.693. The van der Waals surface area contributed by atoms with E-state index in [1.807, 2.05) is 18.2 Å². The van der Waals surface area contributed by atoms with E-state index in [0.29, 0.717) is 35.9 Å². The Hall–Kier alpha value is -3.09. The van der Waals surface area contributed by atoms with E-state index in [1.165, 1.54) is 6.07 Å². The van der Waals surface area contributed by atoms with E-state index >= 15 is 0 Å². The number of aliphatic imine (C=N–C) groups is 1. The Bertz CT molecular complexity index is 958. The number of hydrogen-bond acceptors (Lipinski definition) is 6. The molecule has 6 nitrogen and oxygen atoms in total. The second-order valence-electron chi connectivity index (χ2n) is 6.75. The molecule has 7 heteroatoms. The Morgan fingerprint density at radius 2 is 1.97 bits per heavy atom. The minimum atomic E-state index is -0.632. The molecule has 2 aliphatic heterocycles. The first-order chi connectivity index (χ1) is 14.1. The summed E-state index contributed by atoms with van der Waals surface area (Å²) >= 11 is 0. The summed E-state index contributed by atoms with van der Waals surface area (Å²) < 4.78 is 35.8. The number of carbonyl (C=O) groups is 1. The van der Waals surface area contributed by atoms with E-state index in [2.05, 4.69) is 4.99 Å². The standard InChI is InChI=1S/C22H22FNO5/c1-3-26-17-7-6-14(9-16(17)23)21-20(22(25)27-4-2)15(11-24-21)13-5-8-18-19(10-13)29-12-28-18/h5-10,15,20H,3-4,11-12H2,1-2H3. The molecule has 2 aliphatic rings. The Balaban J connectivity index is 1.67. The molecule has 152 valence electrons. The van der Waals surface area contributed by atoms with E-state index < -0.39 is 11.7 Å². The van der Waals surface area contributed by atoms with Crippen molar-refractivity contribution in [2.24, 2.45) is 10.9 Å². The van der Waals surface area contributed by atoms with Crippen LogP contribution in [0.4, 0.5) is 4.39 Å². The summed E-state index contributed by atoms with van der Waals surface area (Å²) in [6.07, 6.45) is 0. The number of rotatable bonds is 6. The number of hydrogen-bond donors (Lipinski definition) is 0. The van der Waals surface area contributed by atoms with Crippen LogP contribution in [0.1, 0.15) is 30.9 Å². The van der Waals surface area contributed by atoms with Crippen molar-refractivity contribution >= 4 is 11.7 Å². The molecule has 0 bridgehead atoms. The van der Waals surface area contributed by atoms with Crippen LogP contribution in [0.15, 0.2) is 41.4 Å². The second-order valence-corrected chi connectivity index (χ2v) is 6.75. The molecule has 0 aromatic heterocycles. The lowest BCUT2D eigenvalue weighted by molar-refractivity contribution is -0.145. The van der Waals surface area contributed by atoms with Crippen molar-refractivity contribution < 1.29 is 28.1 Å². The topological polar surface area (TPSA) is 66.4 Å². The van der Waals surface area contributed by atoms with Crippen LogP contribution < -0.4 is 14.2 Å². The van der Waals surface area contributed by atoms with Crippen LogP contribution >= 0.6 is 0 Å². The van der Waals surface area contributed by atoms with Gasteiger partial charge in [-0.25, -0.2) is 4.39 Å². The second kappa shape index (κ2) is 8.11. The maximum absolute atomic E-state index is 14.4. The maximum Gasteiger partial charge on any atom is 0.315 e. The zero-order chi connectivity index (χ0) is 20.4. The molecule has 2 aromatic carbocycles. The van der Waals surface area contributed by atoms with Crippen LogP contribution in [0.2, 0.25) is 0 Å². The third-order valence-corrected chi connectivity index (χ3v) is 5.05. The van der Waals surface area contributed by atoms with Gasteiger partial charge in [0.15, 0.2) is 23.1 Å². The molecule has 2 atom stereocenters. The SMILES string of the molecule is CCOC(=O)C1C(c2ccc(OCC)c(F)c2)=NCC1c1ccc2c(c1)OCO2. The van der Waals surface area contributed by atoms with Crippen molar-refractivity contribution in [3.05, 3.63) is 53.3 Å². The predicted molar refractivity (Wildman–Crippen MR) is 104 cm³/mol. The van der Waals surface area contributed by atoms with Crippen LogP contribution in [0.5, 0.6) is 17.2 Å². The van der Waals surface area contributed by atoms with E-state index in [1.54, 1.807) is 26.0 Å². The number of benzene rings is 2. The van der Waals surface area contributed by atoms with Gasteiger partial charge in [-0.1, -0.05) is 6.07 Å². The monoisotopic (exact) mass is 399 g/mol. The fourth-order valence-corrected chi connectivity index (χ4v) is 3.74. The molecule has 2 heterocycles. The van der Waals surface area contributed by atoms with Crippen LogP contribution in [0, 0.1) is 11.7 Å². The number of carbonyl (C=O) groups excluding carboxylic acids is 1.